The summed E-state index contributed by atoms with van der Waals surface area (Å²) in [5, 5.41) is 2.74. The number of benzene rings is 2. The number of Topliss-reactive ketones (excluding diaryl/α,β-unsaturated/α-hetero) is 1. The Morgan fingerprint density at radius 2 is 1.94 bits per heavy atom. The number of ether oxygens (including phenoxy) is 1. The Kier molecular flexibility index (Phi) is 7.12. The molecular formula is C27H29N3O5. The van der Waals surface area contributed by atoms with Gasteiger partial charge in [0, 0.05) is 30.6 Å². The number of allylic oxidation sites excluding steroid dienone is 1. The Bertz CT molecular complexity index is 1220. The van der Waals surface area contributed by atoms with Crippen LogP contribution in [0.5, 0.6) is 5.75 Å². The summed E-state index contributed by atoms with van der Waals surface area (Å²) in [6.07, 6.45) is 2.34. The number of piperidine rings is 1. The molecule has 1 fully saturated rings. The van der Waals surface area contributed by atoms with Gasteiger partial charge < -0.3 is 20.7 Å². The first-order valence-corrected chi connectivity index (χ1v) is 11.7. The monoisotopic (exact) mass is 475 g/mol. The SMILES string of the molecule is C=C1CCC(N2Cc3cc(CCC(=O)Cc4ccc(C)c(OC(=O)CN)c4)ccc3C2=O)C(=O)N1. The molecule has 2 aromatic carbocycles. The molecule has 8 nitrogen and oxygen atoms in total. The number of rotatable bonds is 8. The fourth-order valence-corrected chi connectivity index (χ4v) is 4.49. The van der Waals surface area contributed by atoms with Crippen molar-refractivity contribution in [2.45, 2.75) is 51.6 Å². The summed E-state index contributed by atoms with van der Waals surface area (Å²) in [6.45, 7) is 5.78. The van der Waals surface area contributed by atoms with Crippen LogP contribution in [-0.2, 0) is 33.8 Å². The number of carbonyl (C=O) groups excluding carboxylic acids is 4. The van der Waals surface area contributed by atoms with Crippen LogP contribution in [0.3, 0.4) is 0 Å². The number of ketones is 1. The molecule has 0 aromatic heterocycles. The van der Waals surface area contributed by atoms with E-state index in [9.17, 15) is 19.2 Å². The van der Waals surface area contributed by atoms with Crippen LogP contribution in [-0.4, -0.2) is 41.1 Å². The average molecular weight is 476 g/mol. The number of hydrogen-bond donors (Lipinski definition) is 2. The molecule has 0 saturated carbocycles. The van der Waals surface area contributed by atoms with E-state index >= 15 is 0 Å². The van der Waals surface area contributed by atoms with Gasteiger partial charge in [-0.05, 0) is 60.6 Å². The normalized spacial score (nSPS) is 17.3. The fourth-order valence-electron chi connectivity index (χ4n) is 4.49. The highest BCUT2D eigenvalue weighted by atomic mass is 16.5. The molecule has 1 atom stereocenters. The molecule has 0 aliphatic carbocycles. The smallest absolute Gasteiger partial charge is 0.325 e. The van der Waals surface area contributed by atoms with Crippen LogP contribution in [0.15, 0.2) is 48.7 Å². The van der Waals surface area contributed by atoms with Crippen LogP contribution in [0.25, 0.3) is 0 Å². The molecule has 1 unspecified atom stereocenters. The first-order chi connectivity index (χ1) is 16.7. The highest BCUT2D eigenvalue weighted by molar-refractivity contribution is 6.01. The molecule has 2 aromatic rings. The summed E-state index contributed by atoms with van der Waals surface area (Å²) in [5.74, 6) is -0.386. The first-order valence-electron chi connectivity index (χ1n) is 11.7. The van der Waals surface area contributed by atoms with Crippen molar-refractivity contribution >= 4 is 23.6 Å². The number of nitrogens with one attached hydrogen (secondary N) is 1. The maximum Gasteiger partial charge on any atom is 0.325 e. The zero-order valence-electron chi connectivity index (χ0n) is 19.8. The molecule has 2 amide bonds. The van der Waals surface area contributed by atoms with Gasteiger partial charge in [0.2, 0.25) is 5.91 Å². The van der Waals surface area contributed by atoms with Crippen molar-refractivity contribution in [1.29, 1.82) is 0 Å². The standard InChI is InChI=1S/C27H29N3O5/c1-16-3-5-19(13-24(16)35-25(32)14-28)12-21(31)8-6-18-7-9-22-20(11-18)15-30(27(22)34)23-10-4-17(2)29-26(23)33/h3,5,7,9,11,13,23H,2,4,6,8,10,12,14-15,28H2,1H3,(H,29,33). The molecular weight excluding hydrogens is 446 g/mol. The fraction of sp³-hybridized carbons (Fsp3) is 0.333. The number of fused-ring (bicyclic) bond motifs is 1. The Morgan fingerprint density at radius 1 is 1.17 bits per heavy atom. The van der Waals surface area contributed by atoms with E-state index in [1.54, 1.807) is 17.0 Å². The van der Waals surface area contributed by atoms with E-state index in [0.717, 1.165) is 22.3 Å². The zero-order chi connectivity index (χ0) is 25.1. The number of nitrogens with zero attached hydrogens (tertiary/aromatic N) is 1. The molecule has 0 bridgehead atoms. The van der Waals surface area contributed by atoms with Gasteiger partial charge in [0.25, 0.3) is 5.91 Å². The number of aryl methyl sites for hydroxylation is 2. The van der Waals surface area contributed by atoms with Crippen LogP contribution in [0.2, 0.25) is 0 Å². The molecule has 1 saturated heterocycles. The minimum absolute atomic E-state index is 0.0576. The van der Waals surface area contributed by atoms with E-state index in [1.807, 2.05) is 31.2 Å². The van der Waals surface area contributed by atoms with Gasteiger partial charge >= 0.3 is 5.97 Å². The minimum Gasteiger partial charge on any atom is -0.425 e. The number of hydrogen-bond acceptors (Lipinski definition) is 6. The molecule has 0 spiro atoms. The van der Waals surface area contributed by atoms with Gasteiger partial charge in [-0.25, -0.2) is 0 Å². The van der Waals surface area contributed by atoms with Crippen molar-refractivity contribution in [3.8, 4) is 5.75 Å². The number of amides is 2. The lowest BCUT2D eigenvalue weighted by Gasteiger charge is -2.30. The van der Waals surface area contributed by atoms with Gasteiger partial charge in [-0.3, -0.25) is 19.2 Å². The third-order valence-corrected chi connectivity index (χ3v) is 6.44. The van der Waals surface area contributed by atoms with Crippen LogP contribution in [0.4, 0.5) is 0 Å². The van der Waals surface area contributed by atoms with E-state index in [1.165, 1.54) is 0 Å². The quantitative estimate of drug-likeness (QED) is 0.447. The van der Waals surface area contributed by atoms with E-state index in [0.29, 0.717) is 49.2 Å². The van der Waals surface area contributed by atoms with Crippen molar-refractivity contribution in [2.75, 3.05) is 6.54 Å². The van der Waals surface area contributed by atoms with E-state index in [2.05, 4.69) is 11.9 Å². The average Bonchev–Trinajstić information content (AvgIpc) is 3.15. The minimum atomic E-state index is -0.528. The zero-order valence-corrected chi connectivity index (χ0v) is 19.8. The molecule has 4 rings (SSSR count). The Morgan fingerprint density at radius 3 is 2.69 bits per heavy atom. The molecule has 182 valence electrons. The van der Waals surface area contributed by atoms with Gasteiger partial charge in [-0.2, -0.15) is 0 Å². The van der Waals surface area contributed by atoms with Crippen molar-refractivity contribution in [3.05, 3.63) is 76.5 Å². The maximum atomic E-state index is 12.9. The lowest BCUT2D eigenvalue weighted by atomic mass is 9.99. The molecule has 0 radical (unpaired) electrons. The number of esters is 1. The Balaban J connectivity index is 1.36. The van der Waals surface area contributed by atoms with Gasteiger partial charge in [0.15, 0.2) is 0 Å². The summed E-state index contributed by atoms with van der Waals surface area (Å²) in [7, 11) is 0. The lowest BCUT2D eigenvalue weighted by molar-refractivity contribution is -0.132. The second-order valence-electron chi connectivity index (χ2n) is 9.07. The van der Waals surface area contributed by atoms with Gasteiger partial charge in [-0.1, -0.05) is 30.8 Å². The Labute approximate surface area is 204 Å². The molecule has 2 heterocycles. The van der Waals surface area contributed by atoms with Crippen LogP contribution >= 0.6 is 0 Å². The molecule has 35 heavy (non-hydrogen) atoms. The molecule has 3 N–H and O–H groups in total. The van der Waals surface area contributed by atoms with Crippen molar-refractivity contribution in [3.63, 3.8) is 0 Å². The highest BCUT2D eigenvalue weighted by Gasteiger charge is 2.38. The number of carbonyl (C=O) groups is 4. The summed E-state index contributed by atoms with van der Waals surface area (Å²) < 4.78 is 5.23. The second-order valence-corrected chi connectivity index (χ2v) is 9.07. The third-order valence-electron chi connectivity index (χ3n) is 6.44. The summed E-state index contributed by atoms with van der Waals surface area (Å²) >= 11 is 0. The lowest BCUT2D eigenvalue weighted by Crippen LogP contribution is -2.49. The van der Waals surface area contributed by atoms with Gasteiger partial charge in [0.05, 0.1) is 6.54 Å². The van der Waals surface area contributed by atoms with Crippen molar-refractivity contribution < 1.29 is 23.9 Å². The van der Waals surface area contributed by atoms with E-state index in [-0.39, 0.29) is 30.6 Å². The third kappa shape index (κ3) is 5.49. The first kappa shape index (κ1) is 24.3. The predicted molar refractivity (Wildman–Crippen MR) is 130 cm³/mol. The predicted octanol–water partition coefficient (Wildman–Crippen LogP) is 2.35. The van der Waals surface area contributed by atoms with Crippen LogP contribution < -0.4 is 15.8 Å². The van der Waals surface area contributed by atoms with E-state index < -0.39 is 12.0 Å². The van der Waals surface area contributed by atoms with E-state index in [4.69, 9.17) is 10.5 Å². The van der Waals surface area contributed by atoms with Crippen molar-refractivity contribution in [2.24, 2.45) is 5.73 Å². The number of nitrogens with two attached hydrogens (primary N) is 1. The Hall–Kier alpha value is -3.78. The molecule has 8 heteroatoms. The largest absolute Gasteiger partial charge is 0.425 e. The summed E-state index contributed by atoms with van der Waals surface area (Å²) in [5.41, 5.74) is 10.0. The van der Waals surface area contributed by atoms with Gasteiger partial charge in [-0.15, -0.1) is 0 Å². The summed E-state index contributed by atoms with van der Waals surface area (Å²) in [4.78, 5) is 51.0. The molecule has 2 aliphatic rings. The highest BCUT2D eigenvalue weighted by Crippen LogP contribution is 2.29. The summed E-state index contributed by atoms with van der Waals surface area (Å²) in [6, 6.07) is 10.5. The molecule has 2 aliphatic heterocycles. The second kappa shape index (κ2) is 10.2. The maximum absolute atomic E-state index is 12.9. The van der Waals surface area contributed by atoms with Gasteiger partial charge in [0.1, 0.15) is 17.6 Å². The van der Waals surface area contributed by atoms with Crippen molar-refractivity contribution in [1.82, 2.24) is 10.2 Å². The van der Waals surface area contributed by atoms with Crippen LogP contribution in [0.1, 0.15) is 51.9 Å². The topological polar surface area (TPSA) is 119 Å². The van der Waals surface area contributed by atoms with Crippen LogP contribution in [0, 0.1) is 6.92 Å².